The van der Waals surface area contributed by atoms with Crippen molar-refractivity contribution >= 4 is 0 Å². The Balaban J connectivity index is 1.69. The molecule has 100 valence electrons. The van der Waals surface area contributed by atoms with Gasteiger partial charge in [0.05, 0.1) is 6.61 Å². The molecular weight excluding hydrogens is 224 g/mol. The molecule has 3 unspecified atom stereocenters. The molecule has 18 heavy (non-hydrogen) atoms. The number of nitrogens with one attached hydrogen (secondary N) is 1. The Hall–Kier alpha value is -0.900. The van der Waals surface area contributed by atoms with Crippen molar-refractivity contribution in [1.82, 2.24) is 5.32 Å². The van der Waals surface area contributed by atoms with Gasteiger partial charge in [0, 0.05) is 25.2 Å². The first kappa shape index (κ1) is 13.5. The molecule has 1 aromatic carbocycles. The van der Waals surface area contributed by atoms with Crippen molar-refractivity contribution in [1.29, 1.82) is 0 Å². The Labute approximate surface area is 110 Å². The monoisotopic (exact) mass is 248 g/mol. The van der Waals surface area contributed by atoms with E-state index in [2.05, 4.69) is 36.5 Å². The lowest BCUT2D eigenvalue weighted by Crippen LogP contribution is -2.42. The predicted octanol–water partition coefficient (Wildman–Crippen LogP) is 1.57. The molecule has 3 N–H and O–H groups in total. The highest BCUT2D eigenvalue weighted by atomic mass is 16.5. The quantitative estimate of drug-likeness (QED) is 0.803. The lowest BCUT2D eigenvalue weighted by Gasteiger charge is -2.21. The van der Waals surface area contributed by atoms with E-state index < -0.39 is 0 Å². The summed E-state index contributed by atoms with van der Waals surface area (Å²) in [6, 6.07) is 11.1. The molecule has 3 nitrogen and oxygen atoms in total. The molecule has 0 bridgehead atoms. The molecule has 0 spiro atoms. The van der Waals surface area contributed by atoms with E-state index in [1.807, 2.05) is 6.07 Å². The fraction of sp³-hybridized carbons (Fsp3) is 0.600. The highest BCUT2D eigenvalue weighted by Gasteiger charge is 2.22. The second-order valence-electron chi connectivity index (χ2n) is 5.27. The molecule has 0 amide bonds. The van der Waals surface area contributed by atoms with Gasteiger partial charge in [0.15, 0.2) is 0 Å². The topological polar surface area (TPSA) is 47.3 Å². The average molecular weight is 248 g/mol. The maximum Gasteiger partial charge on any atom is 0.0509 e. The highest BCUT2D eigenvalue weighted by Crippen LogP contribution is 2.16. The summed E-state index contributed by atoms with van der Waals surface area (Å²) in [5.74, 6) is 0.647. The van der Waals surface area contributed by atoms with E-state index in [1.54, 1.807) is 0 Å². The molecule has 1 heterocycles. The molecule has 1 saturated heterocycles. The van der Waals surface area contributed by atoms with Crippen molar-refractivity contribution in [3.8, 4) is 0 Å². The van der Waals surface area contributed by atoms with Gasteiger partial charge in [-0.2, -0.15) is 0 Å². The van der Waals surface area contributed by atoms with Crippen molar-refractivity contribution in [3.05, 3.63) is 35.9 Å². The molecule has 0 aliphatic carbocycles. The van der Waals surface area contributed by atoms with Crippen LogP contribution in [0.15, 0.2) is 30.3 Å². The maximum absolute atomic E-state index is 6.16. The zero-order chi connectivity index (χ0) is 12.8. The van der Waals surface area contributed by atoms with Crippen LogP contribution in [0.2, 0.25) is 0 Å². The van der Waals surface area contributed by atoms with E-state index in [0.29, 0.717) is 12.0 Å². The number of benzene rings is 1. The lowest BCUT2D eigenvalue weighted by molar-refractivity contribution is 0.178. The Morgan fingerprint density at radius 2 is 2.17 bits per heavy atom. The van der Waals surface area contributed by atoms with E-state index >= 15 is 0 Å². The number of hydrogen-bond donors (Lipinski definition) is 2. The minimum Gasteiger partial charge on any atom is -0.381 e. The number of hydrogen-bond acceptors (Lipinski definition) is 3. The van der Waals surface area contributed by atoms with Crippen molar-refractivity contribution < 1.29 is 4.74 Å². The van der Waals surface area contributed by atoms with Crippen LogP contribution < -0.4 is 11.1 Å². The SMILES string of the molecule is CC(NCC(N)Cc1ccccc1)C1CCOC1. The summed E-state index contributed by atoms with van der Waals surface area (Å²) in [7, 11) is 0. The fourth-order valence-electron chi connectivity index (χ4n) is 2.44. The third-order valence-corrected chi connectivity index (χ3v) is 3.71. The van der Waals surface area contributed by atoms with Crippen LogP contribution in [-0.2, 0) is 11.2 Å². The Bertz CT molecular complexity index is 336. The number of rotatable bonds is 6. The van der Waals surface area contributed by atoms with Crippen molar-refractivity contribution in [2.75, 3.05) is 19.8 Å². The van der Waals surface area contributed by atoms with E-state index in [1.165, 1.54) is 12.0 Å². The Morgan fingerprint density at radius 1 is 1.39 bits per heavy atom. The first-order valence-corrected chi connectivity index (χ1v) is 6.86. The molecule has 0 aromatic heterocycles. The smallest absolute Gasteiger partial charge is 0.0509 e. The second-order valence-corrected chi connectivity index (χ2v) is 5.27. The first-order chi connectivity index (χ1) is 8.75. The van der Waals surface area contributed by atoms with E-state index in [9.17, 15) is 0 Å². The van der Waals surface area contributed by atoms with E-state index in [4.69, 9.17) is 10.5 Å². The Morgan fingerprint density at radius 3 is 2.83 bits per heavy atom. The average Bonchev–Trinajstić information content (AvgIpc) is 2.91. The summed E-state index contributed by atoms with van der Waals surface area (Å²) in [5.41, 5.74) is 7.47. The van der Waals surface area contributed by atoms with Crippen LogP contribution in [-0.4, -0.2) is 31.8 Å². The molecule has 1 aliphatic heterocycles. The van der Waals surface area contributed by atoms with Gasteiger partial charge in [-0.1, -0.05) is 30.3 Å². The van der Waals surface area contributed by atoms with Crippen LogP contribution in [0.3, 0.4) is 0 Å². The van der Waals surface area contributed by atoms with Crippen LogP contribution in [0.5, 0.6) is 0 Å². The summed E-state index contributed by atoms with van der Waals surface area (Å²) in [6.07, 6.45) is 2.10. The van der Waals surface area contributed by atoms with Gasteiger partial charge in [-0.25, -0.2) is 0 Å². The largest absolute Gasteiger partial charge is 0.381 e. The molecule has 0 radical (unpaired) electrons. The molecule has 0 saturated carbocycles. The molecule has 2 rings (SSSR count). The van der Waals surface area contributed by atoms with Crippen molar-refractivity contribution in [2.45, 2.75) is 31.8 Å². The van der Waals surface area contributed by atoms with Crippen LogP contribution in [0.25, 0.3) is 0 Å². The van der Waals surface area contributed by atoms with Gasteiger partial charge in [-0.15, -0.1) is 0 Å². The van der Waals surface area contributed by atoms with Gasteiger partial charge in [0.25, 0.3) is 0 Å². The standard InChI is InChI=1S/C15H24N2O/c1-12(14-7-8-18-11-14)17-10-15(16)9-13-5-3-2-4-6-13/h2-6,12,14-15,17H,7-11,16H2,1H3. The van der Waals surface area contributed by atoms with Gasteiger partial charge in [0.2, 0.25) is 0 Å². The summed E-state index contributed by atoms with van der Waals surface area (Å²) >= 11 is 0. The van der Waals surface area contributed by atoms with Crippen LogP contribution in [0.4, 0.5) is 0 Å². The summed E-state index contributed by atoms with van der Waals surface area (Å²) in [5, 5.41) is 3.54. The molecule has 1 fully saturated rings. The molecule has 3 atom stereocenters. The number of ether oxygens (including phenoxy) is 1. The van der Waals surface area contributed by atoms with Crippen LogP contribution in [0.1, 0.15) is 18.9 Å². The number of nitrogens with two attached hydrogens (primary N) is 1. The normalized spacial score (nSPS) is 22.9. The minimum atomic E-state index is 0.178. The van der Waals surface area contributed by atoms with Crippen molar-refractivity contribution in [3.63, 3.8) is 0 Å². The third-order valence-electron chi connectivity index (χ3n) is 3.71. The maximum atomic E-state index is 6.16. The summed E-state index contributed by atoms with van der Waals surface area (Å²) < 4.78 is 5.41. The van der Waals surface area contributed by atoms with Crippen LogP contribution in [0, 0.1) is 5.92 Å². The zero-order valence-corrected chi connectivity index (χ0v) is 11.1. The second kappa shape index (κ2) is 6.88. The summed E-state index contributed by atoms with van der Waals surface area (Å²) in [6.45, 7) is 4.90. The zero-order valence-electron chi connectivity index (χ0n) is 11.1. The van der Waals surface area contributed by atoms with Gasteiger partial charge >= 0.3 is 0 Å². The lowest BCUT2D eigenvalue weighted by atomic mass is 10.00. The van der Waals surface area contributed by atoms with Gasteiger partial charge in [0.1, 0.15) is 0 Å². The molecule has 1 aliphatic rings. The Kier molecular flexibility index (Phi) is 5.17. The van der Waals surface area contributed by atoms with Crippen LogP contribution >= 0.6 is 0 Å². The molecule has 1 aromatic rings. The predicted molar refractivity (Wildman–Crippen MR) is 74.5 cm³/mol. The van der Waals surface area contributed by atoms with E-state index in [0.717, 1.165) is 26.2 Å². The third kappa shape index (κ3) is 4.09. The van der Waals surface area contributed by atoms with Gasteiger partial charge in [-0.05, 0) is 31.2 Å². The summed E-state index contributed by atoms with van der Waals surface area (Å²) in [4.78, 5) is 0. The van der Waals surface area contributed by atoms with Gasteiger partial charge in [-0.3, -0.25) is 0 Å². The van der Waals surface area contributed by atoms with Gasteiger partial charge < -0.3 is 15.8 Å². The first-order valence-electron chi connectivity index (χ1n) is 6.86. The minimum absolute atomic E-state index is 0.178. The van der Waals surface area contributed by atoms with E-state index in [-0.39, 0.29) is 6.04 Å². The highest BCUT2D eigenvalue weighted by molar-refractivity contribution is 5.15. The van der Waals surface area contributed by atoms with Crippen molar-refractivity contribution in [2.24, 2.45) is 11.7 Å². The molecular formula is C15H24N2O. The fourth-order valence-corrected chi connectivity index (χ4v) is 2.44. The molecule has 3 heteroatoms.